The van der Waals surface area contributed by atoms with Crippen LogP contribution in [0, 0.1) is 5.92 Å². The van der Waals surface area contributed by atoms with Gasteiger partial charge in [0.15, 0.2) is 0 Å². The van der Waals surface area contributed by atoms with Crippen LogP contribution in [0.25, 0.3) is 10.8 Å². The average Bonchev–Trinajstić information content (AvgIpc) is 3.10. The Morgan fingerprint density at radius 3 is 2.85 bits per heavy atom. The Morgan fingerprint density at radius 1 is 1.06 bits per heavy atom. The third-order valence-electron chi connectivity index (χ3n) is 5.82. The van der Waals surface area contributed by atoms with Gasteiger partial charge < -0.3 is 15.0 Å². The van der Waals surface area contributed by atoms with Gasteiger partial charge in [0.25, 0.3) is 5.91 Å². The number of carbonyl (C=O) groups excluding carboxylic acids is 1. The van der Waals surface area contributed by atoms with Crippen LogP contribution >= 0.6 is 0 Å². The van der Waals surface area contributed by atoms with Crippen molar-refractivity contribution in [1.82, 2.24) is 19.9 Å². The predicted molar refractivity (Wildman–Crippen MR) is 127 cm³/mol. The first-order valence-corrected chi connectivity index (χ1v) is 11.1. The standard InChI is InChI=1S/C26H25N5O2/c32-25(20-6-3-7-23(14-20)30-26-28-9-4-10-29-26)31-11-12-33-18-19(17-31)13-22-16-27-15-21-5-1-2-8-24(21)22/h1-10,14-16,19H,11-13,17-18H2,(H,28,29,30). The second kappa shape index (κ2) is 9.75. The number of carbonyl (C=O) groups is 1. The first-order chi connectivity index (χ1) is 16.3. The Hall–Kier alpha value is -3.84. The van der Waals surface area contributed by atoms with Gasteiger partial charge in [-0.1, -0.05) is 30.3 Å². The summed E-state index contributed by atoms with van der Waals surface area (Å²) in [4.78, 5) is 28.0. The Kier molecular flexibility index (Phi) is 6.21. The van der Waals surface area contributed by atoms with Crippen LogP contribution in [0.1, 0.15) is 15.9 Å². The lowest BCUT2D eigenvalue weighted by atomic mass is 9.96. The van der Waals surface area contributed by atoms with Crippen LogP contribution in [-0.2, 0) is 11.2 Å². The molecule has 1 atom stereocenters. The van der Waals surface area contributed by atoms with E-state index in [1.165, 1.54) is 10.9 Å². The number of amides is 1. The number of pyridine rings is 1. The van der Waals surface area contributed by atoms with E-state index in [1.54, 1.807) is 18.5 Å². The predicted octanol–water partition coefficient (Wildman–Crippen LogP) is 4.10. The Bertz CT molecular complexity index is 1240. The number of rotatable bonds is 5. The minimum Gasteiger partial charge on any atom is -0.379 e. The number of ether oxygens (including phenoxy) is 1. The molecule has 0 bridgehead atoms. The molecular formula is C26H25N5O2. The van der Waals surface area contributed by atoms with Gasteiger partial charge in [-0.25, -0.2) is 9.97 Å². The lowest BCUT2D eigenvalue weighted by molar-refractivity contribution is 0.0737. The van der Waals surface area contributed by atoms with Crippen LogP contribution in [0.15, 0.2) is 79.4 Å². The molecule has 0 radical (unpaired) electrons. The fourth-order valence-corrected chi connectivity index (χ4v) is 4.25. The molecule has 2 aromatic heterocycles. The second-order valence-electron chi connectivity index (χ2n) is 8.19. The fourth-order valence-electron chi connectivity index (χ4n) is 4.25. The molecule has 33 heavy (non-hydrogen) atoms. The zero-order valence-corrected chi connectivity index (χ0v) is 18.2. The van der Waals surface area contributed by atoms with Gasteiger partial charge in [0.2, 0.25) is 5.95 Å². The van der Waals surface area contributed by atoms with E-state index >= 15 is 0 Å². The molecule has 0 saturated carbocycles. The summed E-state index contributed by atoms with van der Waals surface area (Å²) in [5.41, 5.74) is 2.59. The molecule has 1 fully saturated rings. The third-order valence-corrected chi connectivity index (χ3v) is 5.82. The van der Waals surface area contributed by atoms with Gasteiger partial charge in [-0.2, -0.15) is 0 Å². The highest BCUT2D eigenvalue weighted by Gasteiger charge is 2.24. The van der Waals surface area contributed by atoms with Crippen molar-refractivity contribution < 1.29 is 9.53 Å². The van der Waals surface area contributed by atoms with E-state index in [-0.39, 0.29) is 11.8 Å². The van der Waals surface area contributed by atoms with Crippen LogP contribution in [0.5, 0.6) is 0 Å². The quantitative estimate of drug-likeness (QED) is 0.504. The number of hydrogen-bond donors (Lipinski definition) is 1. The number of nitrogens with one attached hydrogen (secondary N) is 1. The van der Waals surface area contributed by atoms with Gasteiger partial charge in [-0.3, -0.25) is 9.78 Å². The van der Waals surface area contributed by atoms with Crippen molar-refractivity contribution in [3.8, 4) is 0 Å². The zero-order chi connectivity index (χ0) is 22.5. The molecule has 1 aliphatic rings. The first kappa shape index (κ1) is 21.0. The molecule has 0 spiro atoms. The minimum absolute atomic E-state index is 0.000764. The average molecular weight is 440 g/mol. The van der Waals surface area contributed by atoms with Gasteiger partial charge in [0.1, 0.15) is 0 Å². The topological polar surface area (TPSA) is 80.2 Å². The van der Waals surface area contributed by atoms with Crippen LogP contribution in [0.3, 0.4) is 0 Å². The van der Waals surface area contributed by atoms with Crippen molar-refractivity contribution in [3.05, 3.63) is 90.5 Å². The number of fused-ring (bicyclic) bond motifs is 1. The van der Waals surface area contributed by atoms with E-state index in [2.05, 4.69) is 32.4 Å². The van der Waals surface area contributed by atoms with Crippen LogP contribution in [0.2, 0.25) is 0 Å². The van der Waals surface area contributed by atoms with E-state index in [4.69, 9.17) is 4.74 Å². The van der Waals surface area contributed by atoms with Gasteiger partial charge in [-0.15, -0.1) is 0 Å². The summed E-state index contributed by atoms with van der Waals surface area (Å²) in [5.74, 6) is 0.691. The summed E-state index contributed by atoms with van der Waals surface area (Å²) in [6, 6.07) is 17.5. The van der Waals surface area contributed by atoms with E-state index < -0.39 is 0 Å². The van der Waals surface area contributed by atoms with Crippen molar-refractivity contribution in [2.24, 2.45) is 5.92 Å². The highest BCUT2D eigenvalue weighted by atomic mass is 16.5. The number of benzene rings is 2. The summed E-state index contributed by atoms with van der Waals surface area (Å²) in [6.07, 6.45) is 7.98. The third kappa shape index (κ3) is 4.99. The van der Waals surface area contributed by atoms with Gasteiger partial charge in [0, 0.05) is 60.4 Å². The maximum absolute atomic E-state index is 13.4. The normalized spacial score (nSPS) is 16.4. The van der Waals surface area contributed by atoms with E-state index in [0.717, 1.165) is 17.5 Å². The van der Waals surface area contributed by atoms with Crippen LogP contribution in [0.4, 0.5) is 11.6 Å². The molecule has 1 N–H and O–H groups in total. The van der Waals surface area contributed by atoms with Crippen molar-refractivity contribution >= 4 is 28.3 Å². The van der Waals surface area contributed by atoms with Crippen molar-refractivity contribution in [1.29, 1.82) is 0 Å². The molecule has 1 unspecified atom stereocenters. The molecular weight excluding hydrogens is 414 g/mol. The lowest BCUT2D eigenvalue weighted by Gasteiger charge is -2.24. The molecule has 1 aliphatic heterocycles. The highest BCUT2D eigenvalue weighted by molar-refractivity contribution is 5.95. The molecule has 7 heteroatoms. The van der Waals surface area contributed by atoms with Gasteiger partial charge in [-0.05, 0) is 41.6 Å². The molecule has 0 aliphatic carbocycles. The number of anilines is 2. The maximum Gasteiger partial charge on any atom is 0.254 e. The number of aromatic nitrogens is 3. The molecule has 166 valence electrons. The Balaban J connectivity index is 1.32. The summed E-state index contributed by atoms with van der Waals surface area (Å²) in [6.45, 7) is 2.37. The SMILES string of the molecule is O=C(c1cccc(Nc2ncccn2)c1)N1CCOCC(Cc2cncc3ccccc23)C1. The van der Waals surface area contributed by atoms with Crippen molar-refractivity contribution in [2.75, 3.05) is 31.6 Å². The first-order valence-electron chi connectivity index (χ1n) is 11.1. The summed E-state index contributed by atoms with van der Waals surface area (Å²) in [5, 5.41) is 5.48. The van der Waals surface area contributed by atoms with E-state index in [1.807, 2.05) is 53.7 Å². The van der Waals surface area contributed by atoms with E-state index in [0.29, 0.717) is 37.8 Å². The molecule has 5 rings (SSSR count). The highest BCUT2D eigenvalue weighted by Crippen LogP contribution is 2.23. The Labute approximate surface area is 192 Å². The van der Waals surface area contributed by atoms with Gasteiger partial charge >= 0.3 is 0 Å². The maximum atomic E-state index is 13.4. The Morgan fingerprint density at radius 2 is 1.94 bits per heavy atom. The van der Waals surface area contributed by atoms with Gasteiger partial charge in [0.05, 0.1) is 13.2 Å². The van der Waals surface area contributed by atoms with E-state index in [9.17, 15) is 4.79 Å². The summed E-state index contributed by atoms with van der Waals surface area (Å²) in [7, 11) is 0. The van der Waals surface area contributed by atoms with Crippen LogP contribution < -0.4 is 5.32 Å². The zero-order valence-electron chi connectivity index (χ0n) is 18.2. The molecule has 2 aromatic carbocycles. The molecule has 3 heterocycles. The van der Waals surface area contributed by atoms with Crippen LogP contribution in [-0.4, -0.2) is 52.1 Å². The number of hydrogen-bond acceptors (Lipinski definition) is 6. The summed E-state index contributed by atoms with van der Waals surface area (Å²) < 4.78 is 5.87. The lowest BCUT2D eigenvalue weighted by Crippen LogP contribution is -2.36. The largest absolute Gasteiger partial charge is 0.379 e. The number of nitrogens with zero attached hydrogens (tertiary/aromatic N) is 4. The minimum atomic E-state index is -0.000764. The molecule has 4 aromatic rings. The van der Waals surface area contributed by atoms with Crippen molar-refractivity contribution in [3.63, 3.8) is 0 Å². The smallest absolute Gasteiger partial charge is 0.254 e. The fraction of sp³-hybridized carbons (Fsp3) is 0.231. The second-order valence-corrected chi connectivity index (χ2v) is 8.19. The van der Waals surface area contributed by atoms with Crippen molar-refractivity contribution in [2.45, 2.75) is 6.42 Å². The monoisotopic (exact) mass is 439 g/mol. The summed E-state index contributed by atoms with van der Waals surface area (Å²) >= 11 is 0. The molecule has 7 nitrogen and oxygen atoms in total. The molecule has 1 amide bonds. The molecule has 1 saturated heterocycles.